The fourth-order valence-corrected chi connectivity index (χ4v) is 6.76. The van der Waals surface area contributed by atoms with Crippen LogP contribution < -0.4 is 9.64 Å². The Kier molecular flexibility index (Phi) is 7.72. The zero-order chi connectivity index (χ0) is 29.4. The van der Waals surface area contributed by atoms with Gasteiger partial charge >= 0.3 is 5.97 Å². The number of ketones is 1. The highest BCUT2D eigenvalue weighted by Crippen LogP contribution is 2.35. The van der Waals surface area contributed by atoms with E-state index < -0.39 is 33.3 Å². The number of carbonyl (C=O) groups is 3. The molecule has 214 valence electrons. The van der Waals surface area contributed by atoms with Gasteiger partial charge < -0.3 is 14.4 Å². The lowest BCUT2D eigenvalue weighted by Gasteiger charge is -2.24. The molecular weight excluding hydrogens is 544 g/mol. The van der Waals surface area contributed by atoms with Crippen LogP contribution in [0, 0.1) is 0 Å². The molecule has 0 aliphatic carbocycles. The molecule has 3 aromatic carbocycles. The van der Waals surface area contributed by atoms with Crippen LogP contribution in [0.4, 0.5) is 5.69 Å². The standard InChI is InChI=1S/C31H32N2O7S/c1-31(2,3)40-30(36)22-10-7-9-21(17-22)19-32-27-15-14-25(18-26(27)28(34)29(32)35)41(37,38)33-16-8-11-23(33)20-39-24-12-5-4-6-13-24/h4-7,9-10,12-15,17-18,23H,8,11,16,19-20H2,1-3H3. The van der Waals surface area contributed by atoms with Gasteiger partial charge in [0.05, 0.1) is 34.3 Å². The fourth-order valence-electron chi connectivity index (χ4n) is 5.05. The second-order valence-corrected chi connectivity index (χ2v) is 13.0. The third-order valence-electron chi connectivity index (χ3n) is 6.96. The van der Waals surface area contributed by atoms with Crippen LogP contribution in [-0.4, -0.2) is 55.2 Å². The van der Waals surface area contributed by atoms with E-state index in [9.17, 15) is 22.8 Å². The monoisotopic (exact) mass is 576 g/mol. The molecule has 41 heavy (non-hydrogen) atoms. The smallest absolute Gasteiger partial charge is 0.338 e. The Labute approximate surface area is 239 Å². The molecule has 0 spiro atoms. The highest BCUT2D eigenvalue weighted by atomic mass is 32.2. The lowest BCUT2D eigenvalue weighted by atomic mass is 10.1. The maximum atomic E-state index is 13.6. The number of anilines is 1. The number of ether oxygens (including phenoxy) is 2. The SMILES string of the molecule is CC(C)(C)OC(=O)c1cccc(CN2C(=O)C(=O)c3cc(S(=O)(=O)N4CCCC4COc4ccccc4)ccc32)c1. The summed E-state index contributed by atoms with van der Waals surface area (Å²) in [5, 5.41) is 0. The zero-order valence-corrected chi connectivity index (χ0v) is 24.0. The van der Waals surface area contributed by atoms with Crippen molar-refractivity contribution < 1.29 is 32.3 Å². The molecule has 1 fully saturated rings. The number of amides is 1. The number of rotatable bonds is 8. The Morgan fingerprint density at radius 3 is 2.46 bits per heavy atom. The zero-order valence-electron chi connectivity index (χ0n) is 23.2. The Bertz CT molecular complexity index is 1600. The second kappa shape index (κ2) is 11.1. The van der Waals surface area contributed by atoms with Crippen LogP contribution in [0.1, 0.15) is 59.9 Å². The first-order valence-electron chi connectivity index (χ1n) is 13.5. The first kappa shape index (κ1) is 28.5. The van der Waals surface area contributed by atoms with E-state index in [-0.39, 0.29) is 29.7 Å². The van der Waals surface area contributed by atoms with Gasteiger partial charge in [-0.3, -0.25) is 9.59 Å². The summed E-state index contributed by atoms with van der Waals surface area (Å²) in [6.07, 6.45) is 1.35. The van der Waals surface area contributed by atoms with Gasteiger partial charge in [-0.1, -0.05) is 30.3 Å². The first-order chi connectivity index (χ1) is 19.4. The minimum atomic E-state index is -3.94. The molecule has 5 rings (SSSR count). The molecular formula is C31H32N2O7S. The van der Waals surface area contributed by atoms with Crippen LogP contribution in [0.5, 0.6) is 5.75 Å². The first-order valence-corrected chi connectivity index (χ1v) is 14.9. The number of benzene rings is 3. The van der Waals surface area contributed by atoms with Crippen molar-refractivity contribution >= 4 is 33.4 Å². The highest BCUT2D eigenvalue weighted by molar-refractivity contribution is 7.89. The van der Waals surface area contributed by atoms with Gasteiger partial charge in [-0.25, -0.2) is 13.2 Å². The molecule has 0 aromatic heterocycles. The van der Waals surface area contributed by atoms with E-state index in [0.29, 0.717) is 42.0 Å². The van der Waals surface area contributed by atoms with Crippen LogP contribution in [-0.2, 0) is 26.1 Å². The molecule has 1 unspecified atom stereocenters. The molecule has 1 saturated heterocycles. The number of sulfonamides is 1. The van der Waals surface area contributed by atoms with Gasteiger partial charge in [0.25, 0.3) is 11.7 Å². The highest BCUT2D eigenvalue weighted by Gasteiger charge is 2.40. The molecule has 2 aliphatic heterocycles. The van der Waals surface area contributed by atoms with Crippen LogP contribution in [0.2, 0.25) is 0 Å². The summed E-state index contributed by atoms with van der Waals surface area (Å²) >= 11 is 0. The quantitative estimate of drug-likeness (QED) is 0.285. The summed E-state index contributed by atoms with van der Waals surface area (Å²) < 4.78 is 39.9. The van der Waals surface area contributed by atoms with E-state index in [4.69, 9.17) is 9.47 Å². The van der Waals surface area contributed by atoms with Gasteiger partial charge in [0.2, 0.25) is 10.0 Å². The van der Waals surface area contributed by atoms with Crippen molar-refractivity contribution in [1.82, 2.24) is 4.31 Å². The molecule has 3 aromatic rings. The Morgan fingerprint density at radius 1 is 0.976 bits per heavy atom. The van der Waals surface area contributed by atoms with Crippen molar-refractivity contribution in [1.29, 1.82) is 0 Å². The van der Waals surface area contributed by atoms with Gasteiger partial charge in [-0.2, -0.15) is 4.31 Å². The maximum absolute atomic E-state index is 13.6. The summed E-state index contributed by atoms with van der Waals surface area (Å²) in [6.45, 7) is 5.91. The summed E-state index contributed by atoms with van der Waals surface area (Å²) in [5.74, 6) is -1.36. The van der Waals surface area contributed by atoms with E-state index in [2.05, 4.69) is 0 Å². The van der Waals surface area contributed by atoms with E-state index >= 15 is 0 Å². The number of hydrogen-bond acceptors (Lipinski definition) is 7. The average Bonchev–Trinajstić information content (AvgIpc) is 3.51. The second-order valence-electron chi connectivity index (χ2n) is 11.1. The number of hydrogen-bond donors (Lipinski definition) is 0. The number of carbonyl (C=O) groups excluding carboxylic acids is 3. The minimum absolute atomic E-state index is 0.0331. The van der Waals surface area contributed by atoms with E-state index in [1.54, 1.807) is 45.0 Å². The lowest BCUT2D eigenvalue weighted by Crippen LogP contribution is -2.39. The molecule has 1 amide bonds. The Balaban J connectivity index is 1.35. The minimum Gasteiger partial charge on any atom is -0.492 e. The number of nitrogens with zero attached hydrogens (tertiary/aromatic N) is 2. The predicted octanol–water partition coefficient (Wildman–Crippen LogP) is 4.60. The largest absolute Gasteiger partial charge is 0.492 e. The van der Waals surface area contributed by atoms with Crippen LogP contribution in [0.25, 0.3) is 0 Å². The van der Waals surface area contributed by atoms with Crippen molar-refractivity contribution in [3.05, 3.63) is 89.5 Å². The number of fused-ring (bicyclic) bond motifs is 1. The average molecular weight is 577 g/mol. The van der Waals surface area contributed by atoms with Crippen molar-refractivity contribution in [2.45, 2.75) is 56.7 Å². The third-order valence-corrected chi connectivity index (χ3v) is 8.91. The van der Waals surface area contributed by atoms with Crippen molar-refractivity contribution in [2.24, 2.45) is 0 Å². The lowest BCUT2D eigenvalue weighted by molar-refractivity contribution is -0.114. The number of Topliss-reactive ketones (excluding diaryl/α,β-unsaturated/α-hetero) is 1. The topological polar surface area (TPSA) is 110 Å². The van der Waals surface area contributed by atoms with E-state index in [0.717, 1.165) is 0 Å². The van der Waals surface area contributed by atoms with Gasteiger partial charge in [-0.05, 0) is 81.6 Å². The number of esters is 1. The summed E-state index contributed by atoms with van der Waals surface area (Å²) in [7, 11) is -3.94. The molecule has 2 heterocycles. The summed E-state index contributed by atoms with van der Waals surface area (Å²) in [4.78, 5) is 39.7. The molecule has 0 bridgehead atoms. The molecule has 0 radical (unpaired) electrons. The van der Waals surface area contributed by atoms with Crippen molar-refractivity contribution in [3.8, 4) is 5.75 Å². The molecule has 2 aliphatic rings. The van der Waals surface area contributed by atoms with Gasteiger partial charge in [-0.15, -0.1) is 0 Å². The fraction of sp³-hybridized carbons (Fsp3) is 0.323. The Morgan fingerprint density at radius 2 is 1.73 bits per heavy atom. The van der Waals surface area contributed by atoms with Crippen LogP contribution in [0.3, 0.4) is 0 Å². The predicted molar refractivity (Wildman–Crippen MR) is 152 cm³/mol. The van der Waals surface area contributed by atoms with Crippen molar-refractivity contribution in [3.63, 3.8) is 0 Å². The van der Waals surface area contributed by atoms with Gasteiger partial charge in [0, 0.05) is 6.54 Å². The summed E-state index contributed by atoms with van der Waals surface area (Å²) in [6, 6.07) is 19.7. The molecule has 9 nitrogen and oxygen atoms in total. The maximum Gasteiger partial charge on any atom is 0.338 e. The third kappa shape index (κ3) is 6.03. The normalized spacial score (nSPS) is 17.5. The molecule has 10 heteroatoms. The molecule has 1 atom stereocenters. The van der Waals surface area contributed by atoms with Gasteiger partial charge in [0.1, 0.15) is 18.0 Å². The summed E-state index contributed by atoms with van der Waals surface area (Å²) in [5.41, 5.74) is 0.652. The Hall–Kier alpha value is -4.02. The van der Waals surface area contributed by atoms with E-state index in [1.165, 1.54) is 27.4 Å². The number of para-hydroxylation sites is 1. The van der Waals surface area contributed by atoms with Gasteiger partial charge in [0.15, 0.2) is 0 Å². The van der Waals surface area contributed by atoms with Crippen LogP contribution in [0.15, 0.2) is 77.7 Å². The van der Waals surface area contributed by atoms with Crippen molar-refractivity contribution in [2.75, 3.05) is 18.1 Å². The van der Waals surface area contributed by atoms with E-state index in [1.807, 2.05) is 30.3 Å². The van der Waals surface area contributed by atoms with Crippen LogP contribution >= 0.6 is 0 Å². The molecule has 0 saturated carbocycles. The molecule has 0 N–H and O–H groups in total.